The summed E-state index contributed by atoms with van der Waals surface area (Å²) >= 11 is 2.18. The van der Waals surface area contributed by atoms with E-state index in [4.69, 9.17) is 0 Å². The molecule has 0 saturated carbocycles. The minimum atomic E-state index is -0.382. The summed E-state index contributed by atoms with van der Waals surface area (Å²) < 4.78 is 1.06. The minimum absolute atomic E-state index is 0.288. The molecule has 1 aromatic rings. The fourth-order valence-corrected chi connectivity index (χ4v) is 1.99. The zero-order valence-electron chi connectivity index (χ0n) is 7.37. The van der Waals surface area contributed by atoms with Crippen LogP contribution >= 0.6 is 22.6 Å². The zero-order valence-corrected chi connectivity index (χ0v) is 9.52. The summed E-state index contributed by atoms with van der Waals surface area (Å²) in [6, 6.07) is 7.58. The molecule has 72 valence electrons. The quantitative estimate of drug-likeness (QED) is 0.583. The van der Waals surface area contributed by atoms with E-state index < -0.39 is 0 Å². The van der Waals surface area contributed by atoms with Crippen molar-refractivity contribution in [1.29, 1.82) is 0 Å². The summed E-state index contributed by atoms with van der Waals surface area (Å²) in [4.78, 5) is 24.0. The van der Waals surface area contributed by atoms with Crippen LogP contribution in [0.25, 0.3) is 0 Å². The van der Waals surface area contributed by atoms with Crippen LogP contribution in [0.5, 0.6) is 0 Å². The van der Waals surface area contributed by atoms with Gasteiger partial charge in [-0.05, 0) is 40.8 Å². The Labute approximate surface area is 95.2 Å². The number of Topliss-reactive ketones (excluding diaryl/α,β-unsaturated/α-hetero) is 1. The van der Waals surface area contributed by atoms with E-state index in [2.05, 4.69) is 22.6 Å². The topological polar surface area (TPSA) is 37.4 Å². The van der Waals surface area contributed by atoms with Gasteiger partial charge in [-0.2, -0.15) is 0 Å². The second kappa shape index (κ2) is 3.68. The van der Waals surface area contributed by atoms with Crippen LogP contribution < -0.4 is 4.90 Å². The van der Waals surface area contributed by atoms with Crippen LogP contribution in [0.4, 0.5) is 5.69 Å². The summed E-state index contributed by atoms with van der Waals surface area (Å²) in [5, 5.41) is 0. The lowest BCUT2D eigenvalue weighted by Crippen LogP contribution is -2.26. The normalized spacial score (nSPS) is 16.5. The molecule has 1 amide bonds. The van der Waals surface area contributed by atoms with Crippen LogP contribution in [0.15, 0.2) is 24.3 Å². The van der Waals surface area contributed by atoms with Gasteiger partial charge in [-0.1, -0.05) is 6.07 Å². The fraction of sp³-hybridized carbons (Fsp3) is 0.200. The molecular weight excluding hydrogens is 293 g/mol. The highest BCUT2D eigenvalue weighted by Gasteiger charge is 2.30. The molecule has 0 aromatic heterocycles. The van der Waals surface area contributed by atoms with Crippen LogP contribution in [-0.4, -0.2) is 18.2 Å². The molecule has 3 nitrogen and oxygen atoms in total. The standard InChI is InChI=1S/C10H8INO2/c11-7-2-1-3-8(6-7)12-5-4-9(13)10(12)14/h1-3,6H,4-5H2. The molecule has 14 heavy (non-hydrogen) atoms. The number of hydrogen-bond donors (Lipinski definition) is 0. The summed E-state index contributed by atoms with van der Waals surface area (Å²) in [7, 11) is 0. The highest BCUT2D eigenvalue weighted by atomic mass is 127. The molecule has 1 aliphatic heterocycles. The van der Waals surface area contributed by atoms with Gasteiger partial charge in [-0.25, -0.2) is 0 Å². The largest absolute Gasteiger partial charge is 0.305 e. The third kappa shape index (κ3) is 1.66. The Hall–Kier alpha value is -0.910. The van der Waals surface area contributed by atoms with E-state index in [9.17, 15) is 9.59 Å². The van der Waals surface area contributed by atoms with Gasteiger partial charge in [0.05, 0.1) is 0 Å². The maximum Gasteiger partial charge on any atom is 0.294 e. The molecule has 4 heteroatoms. The van der Waals surface area contributed by atoms with Crippen LogP contribution in [0.2, 0.25) is 0 Å². The van der Waals surface area contributed by atoms with Crippen molar-refractivity contribution in [1.82, 2.24) is 0 Å². The van der Waals surface area contributed by atoms with Gasteiger partial charge in [0.15, 0.2) is 0 Å². The fourth-order valence-electron chi connectivity index (χ4n) is 1.46. The molecule has 0 aliphatic carbocycles. The Kier molecular flexibility index (Phi) is 2.54. The molecular formula is C10H8INO2. The van der Waals surface area contributed by atoms with Crippen molar-refractivity contribution in [3.63, 3.8) is 0 Å². The second-order valence-corrected chi connectivity index (χ2v) is 4.36. The van der Waals surface area contributed by atoms with Gasteiger partial charge in [0.1, 0.15) is 0 Å². The van der Waals surface area contributed by atoms with Gasteiger partial charge >= 0.3 is 0 Å². The monoisotopic (exact) mass is 301 g/mol. The molecule has 1 aliphatic rings. The number of benzene rings is 1. The Morgan fingerprint density at radius 1 is 1.29 bits per heavy atom. The number of anilines is 1. The lowest BCUT2D eigenvalue weighted by molar-refractivity contribution is -0.133. The molecule has 0 spiro atoms. The van der Waals surface area contributed by atoms with E-state index >= 15 is 0 Å². The second-order valence-electron chi connectivity index (χ2n) is 3.11. The number of amides is 1. The third-order valence-electron chi connectivity index (χ3n) is 2.17. The first-order valence-corrected chi connectivity index (χ1v) is 5.36. The number of nitrogens with zero attached hydrogens (tertiary/aromatic N) is 1. The van der Waals surface area contributed by atoms with Gasteiger partial charge in [0.25, 0.3) is 5.91 Å². The zero-order chi connectivity index (χ0) is 10.1. The van der Waals surface area contributed by atoms with E-state index in [1.165, 1.54) is 4.90 Å². The van der Waals surface area contributed by atoms with E-state index in [0.29, 0.717) is 13.0 Å². The minimum Gasteiger partial charge on any atom is -0.305 e. The first kappa shape index (κ1) is 9.64. The lowest BCUT2D eigenvalue weighted by Gasteiger charge is -2.14. The number of hydrogen-bond acceptors (Lipinski definition) is 2. The van der Waals surface area contributed by atoms with Crippen LogP contribution in [0, 0.1) is 3.57 Å². The van der Waals surface area contributed by atoms with Crippen molar-refractivity contribution in [2.45, 2.75) is 6.42 Å². The molecule has 1 fully saturated rings. The van der Waals surface area contributed by atoms with Crippen LogP contribution in [0.1, 0.15) is 6.42 Å². The van der Waals surface area contributed by atoms with E-state index in [-0.39, 0.29) is 11.7 Å². The highest BCUT2D eigenvalue weighted by Crippen LogP contribution is 2.21. The van der Waals surface area contributed by atoms with Crippen LogP contribution in [0.3, 0.4) is 0 Å². The Balaban J connectivity index is 2.32. The summed E-state index contributed by atoms with van der Waals surface area (Å²) in [5.41, 5.74) is 0.813. The summed E-state index contributed by atoms with van der Waals surface area (Å²) in [6.07, 6.45) is 0.338. The van der Waals surface area contributed by atoms with Gasteiger partial charge in [0, 0.05) is 22.2 Å². The predicted octanol–water partition coefficient (Wildman–Crippen LogP) is 1.60. The van der Waals surface area contributed by atoms with E-state index in [0.717, 1.165) is 9.26 Å². The first-order chi connectivity index (χ1) is 6.68. The summed E-state index contributed by atoms with van der Waals surface area (Å²) in [5.74, 6) is -0.670. The molecule has 0 bridgehead atoms. The number of halogens is 1. The molecule has 0 radical (unpaired) electrons. The molecule has 2 rings (SSSR count). The van der Waals surface area contributed by atoms with Crippen molar-refractivity contribution < 1.29 is 9.59 Å². The smallest absolute Gasteiger partial charge is 0.294 e. The Bertz CT molecular complexity index is 403. The van der Waals surface area contributed by atoms with Gasteiger partial charge < -0.3 is 4.90 Å². The van der Waals surface area contributed by atoms with Gasteiger partial charge in [-0.3, -0.25) is 9.59 Å². The van der Waals surface area contributed by atoms with Crippen molar-refractivity contribution in [2.75, 3.05) is 11.4 Å². The maximum atomic E-state index is 11.4. The van der Waals surface area contributed by atoms with Crippen molar-refractivity contribution in [3.8, 4) is 0 Å². The maximum absolute atomic E-state index is 11.4. The van der Waals surface area contributed by atoms with Crippen molar-refractivity contribution in [3.05, 3.63) is 27.8 Å². The molecule has 1 aromatic carbocycles. The summed E-state index contributed by atoms with van der Waals surface area (Å²) in [6.45, 7) is 0.512. The molecule has 0 N–H and O–H groups in total. The van der Waals surface area contributed by atoms with Crippen molar-refractivity contribution in [2.24, 2.45) is 0 Å². The van der Waals surface area contributed by atoms with E-state index in [1.54, 1.807) is 0 Å². The number of rotatable bonds is 1. The lowest BCUT2D eigenvalue weighted by atomic mass is 10.3. The Morgan fingerprint density at radius 2 is 2.07 bits per heavy atom. The van der Waals surface area contributed by atoms with E-state index in [1.807, 2.05) is 24.3 Å². The third-order valence-corrected chi connectivity index (χ3v) is 2.84. The highest BCUT2D eigenvalue weighted by molar-refractivity contribution is 14.1. The number of carbonyl (C=O) groups excluding carboxylic acids is 2. The predicted molar refractivity (Wildman–Crippen MR) is 61.1 cm³/mol. The number of ketones is 1. The van der Waals surface area contributed by atoms with Gasteiger partial charge in [-0.15, -0.1) is 0 Å². The molecule has 0 atom stereocenters. The van der Waals surface area contributed by atoms with Gasteiger partial charge in [0.2, 0.25) is 5.78 Å². The average Bonchev–Trinajstić information content (AvgIpc) is 2.48. The Morgan fingerprint density at radius 3 is 2.64 bits per heavy atom. The average molecular weight is 301 g/mol. The number of carbonyl (C=O) groups is 2. The van der Waals surface area contributed by atoms with Crippen LogP contribution in [-0.2, 0) is 9.59 Å². The first-order valence-electron chi connectivity index (χ1n) is 4.29. The molecule has 0 unspecified atom stereocenters. The SMILES string of the molecule is O=C1CCN(c2cccc(I)c2)C1=O. The van der Waals surface area contributed by atoms with Crippen molar-refractivity contribution >= 4 is 40.0 Å². The molecule has 1 saturated heterocycles. The molecule has 1 heterocycles.